The SMILES string of the molecule is [2H]C1(N2C(=O)c3cccc(OCc4ccc(CN5CC(C)(C)OC(C)(C)C5)cc4F)c3C2([2H])[2H])CCC(=O)NC1=O. The van der Waals surface area contributed by atoms with Crippen molar-refractivity contribution in [3.05, 3.63) is 64.5 Å². The monoisotopic (exact) mass is 526 g/mol. The largest absolute Gasteiger partial charge is 0.488 e. The fourth-order valence-electron chi connectivity index (χ4n) is 5.52. The minimum Gasteiger partial charge on any atom is -0.488 e. The molecule has 1 atom stereocenters. The van der Waals surface area contributed by atoms with E-state index in [2.05, 4.69) is 4.90 Å². The summed E-state index contributed by atoms with van der Waals surface area (Å²) >= 11 is 0. The van der Waals surface area contributed by atoms with Crippen molar-refractivity contribution in [1.29, 1.82) is 0 Å². The molecule has 1 unspecified atom stereocenters. The van der Waals surface area contributed by atoms with Crippen LogP contribution in [0.25, 0.3) is 0 Å². The first-order chi connectivity index (χ1) is 19.0. The number of hydrogen-bond donors (Lipinski definition) is 1. The maximum atomic E-state index is 15.2. The summed E-state index contributed by atoms with van der Waals surface area (Å²) in [5.74, 6) is -2.98. The number of carbonyl (C=O) groups is 3. The van der Waals surface area contributed by atoms with Crippen LogP contribution in [0.2, 0.25) is 0 Å². The molecule has 38 heavy (non-hydrogen) atoms. The molecule has 0 aromatic heterocycles. The number of piperidine rings is 1. The summed E-state index contributed by atoms with van der Waals surface area (Å²) < 4.78 is 53.3. The molecule has 3 heterocycles. The van der Waals surface area contributed by atoms with Gasteiger partial charge in [0.2, 0.25) is 11.8 Å². The quantitative estimate of drug-likeness (QED) is 0.580. The molecule has 9 heteroatoms. The highest BCUT2D eigenvalue weighted by molar-refractivity contribution is 6.05. The van der Waals surface area contributed by atoms with Crippen molar-refractivity contribution in [3.8, 4) is 5.75 Å². The minimum atomic E-state index is -2.59. The molecule has 8 nitrogen and oxygen atoms in total. The number of halogens is 1. The van der Waals surface area contributed by atoms with Crippen LogP contribution >= 0.6 is 0 Å². The van der Waals surface area contributed by atoms with E-state index in [0.717, 1.165) is 5.56 Å². The summed E-state index contributed by atoms with van der Waals surface area (Å²) in [6.07, 6.45) is -0.546. The summed E-state index contributed by atoms with van der Waals surface area (Å²) in [4.78, 5) is 40.3. The van der Waals surface area contributed by atoms with E-state index in [0.29, 0.717) is 24.5 Å². The lowest BCUT2D eigenvalue weighted by Crippen LogP contribution is -2.56. The van der Waals surface area contributed by atoms with Gasteiger partial charge in [0.05, 0.1) is 21.8 Å². The Bertz CT molecular complexity index is 1420. The smallest absolute Gasteiger partial charge is 0.255 e. The van der Waals surface area contributed by atoms with Gasteiger partial charge in [0.25, 0.3) is 5.91 Å². The highest BCUT2D eigenvalue weighted by Crippen LogP contribution is 2.34. The first-order valence-corrected chi connectivity index (χ1v) is 12.7. The number of fused-ring (bicyclic) bond motifs is 1. The van der Waals surface area contributed by atoms with Crippen molar-refractivity contribution >= 4 is 17.7 Å². The second kappa shape index (κ2) is 9.78. The second-order valence-electron chi connectivity index (χ2n) is 11.2. The number of carbonyl (C=O) groups excluding carboxylic acids is 3. The van der Waals surface area contributed by atoms with Gasteiger partial charge in [-0.05, 0) is 57.9 Å². The molecule has 5 rings (SSSR count). The zero-order valence-corrected chi connectivity index (χ0v) is 22.0. The number of nitrogens with zero attached hydrogens (tertiary/aromatic N) is 2. The third kappa shape index (κ3) is 5.44. The number of nitrogens with one attached hydrogen (secondary N) is 1. The van der Waals surface area contributed by atoms with Gasteiger partial charge in [-0.15, -0.1) is 0 Å². The van der Waals surface area contributed by atoms with Crippen LogP contribution in [0.4, 0.5) is 4.39 Å². The van der Waals surface area contributed by atoms with Crippen LogP contribution < -0.4 is 10.1 Å². The molecule has 3 aliphatic rings. The van der Waals surface area contributed by atoms with E-state index in [-0.39, 0.29) is 53.1 Å². The van der Waals surface area contributed by atoms with Gasteiger partial charge in [-0.25, -0.2) is 4.39 Å². The molecule has 2 aromatic carbocycles. The highest BCUT2D eigenvalue weighted by Gasteiger charge is 2.40. The predicted molar refractivity (Wildman–Crippen MR) is 138 cm³/mol. The van der Waals surface area contributed by atoms with Crippen LogP contribution in [-0.4, -0.2) is 57.8 Å². The van der Waals surface area contributed by atoms with E-state index in [1.165, 1.54) is 24.3 Å². The average molecular weight is 527 g/mol. The summed E-state index contributed by atoms with van der Waals surface area (Å²) in [5, 5.41) is 2.03. The number of morpholine rings is 1. The lowest BCUT2D eigenvalue weighted by molar-refractivity contribution is -0.182. The van der Waals surface area contributed by atoms with Gasteiger partial charge in [-0.1, -0.05) is 18.2 Å². The van der Waals surface area contributed by atoms with Crippen LogP contribution in [0.1, 0.15) is 71.7 Å². The van der Waals surface area contributed by atoms with E-state index in [1.54, 1.807) is 6.07 Å². The molecule has 1 N–H and O–H groups in total. The van der Waals surface area contributed by atoms with Crippen LogP contribution in [0.15, 0.2) is 36.4 Å². The Morgan fingerprint density at radius 3 is 2.58 bits per heavy atom. The summed E-state index contributed by atoms with van der Waals surface area (Å²) in [7, 11) is 0. The van der Waals surface area contributed by atoms with E-state index < -0.39 is 36.1 Å². The Morgan fingerprint density at radius 1 is 1.16 bits per heavy atom. The number of rotatable bonds is 6. The first-order valence-electron chi connectivity index (χ1n) is 14.2. The van der Waals surface area contributed by atoms with Gasteiger partial charge in [0.15, 0.2) is 0 Å². The maximum Gasteiger partial charge on any atom is 0.255 e. The molecule has 2 fully saturated rings. The number of amides is 3. The summed E-state index contributed by atoms with van der Waals surface area (Å²) in [6, 6.07) is 6.93. The van der Waals surface area contributed by atoms with Gasteiger partial charge in [-0.3, -0.25) is 24.6 Å². The summed E-state index contributed by atoms with van der Waals surface area (Å²) in [6.45, 7) is 7.27. The van der Waals surface area contributed by atoms with Gasteiger partial charge < -0.3 is 14.4 Å². The fraction of sp³-hybridized carbons (Fsp3) is 0.483. The van der Waals surface area contributed by atoms with Gasteiger partial charge in [-0.2, -0.15) is 0 Å². The molecule has 0 radical (unpaired) electrons. The van der Waals surface area contributed by atoms with E-state index >= 15 is 4.39 Å². The van der Waals surface area contributed by atoms with Crippen molar-refractivity contribution < 1.29 is 32.4 Å². The number of imide groups is 1. The van der Waals surface area contributed by atoms with E-state index in [1.807, 2.05) is 39.1 Å². The predicted octanol–water partition coefficient (Wildman–Crippen LogP) is 3.56. The van der Waals surface area contributed by atoms with Gasteiger partial charge in [0.1, 0.15) is 24.2 Å². The standard InChI is InChI=1S/C29H34FN3O5/c1-28(2)16-32(17-29(3,4)38-28)13-18-8-9-19(22(30)12-18)15-37-24-7-5-6-20-21(24)14-33(27(20)36)23-10-11-25(34)31-26(23)35/h5-9,12,23H,10-11,13-17H2,1-4H3,(H,31,34,35)/i14D2,23D. The number of hydrogen-bond acceptors (Lipinski definition) is 6. The van der Waals surface area contributed by atoms with Gasteiger partial charge >= 0.3 is 0 Å². The Hall–Kier alpha value is -3.30. The molecular formula is C29H34FN3O5. The first kappa shape index (κ1) is 22.7. The zero-order valence-electron chi connectivity index (χ0n) is 25.0. The maximum absolute atomic E-state index is 15.2. The van der Waals surface area contributed by atoms with E-state index in [4.69, 9.17) is 13.6 Å². The molecule has 202 valence electrons. The molecule has 0 bridgehead atoms. The minimum absolute atomic E-state index is 0.000463. The highest BCUT2D eigenvalue weighted by atomic mass is 19.1. The number of ether oxygens (including phenoxy) is 2. The van der Waals surface area contributed by atoms with Crippen molar-refractivity contribution in [2.45, 2.75) is 77.4 Å². The van der Waals surface area contributed by atoms with E-state index in [9.17, 15) is 14.4 Å². The molecule has 2 aromatic rings. The lowest BCUT2D eigenvalue weighted by atomic mass is 9.98. The lowest BCUT2D eigenvalue weighted by Gasteiger charge is -2.47. The topological polar surface area (TPSA) is 88.2 Å². The number of benzene rings is 2. The second-order valence-corrected chi connectivity index (χ2v) is 11.2. The molecular weight excluding hydrogens is 489 g/mol. The Balaban J connectivity index is 1.34. The summed E-state index contributed by atoms with van der Waals surface area (Å²) in [5.41, 5.74) is 0.181. The molecule has 0 saturated carbocycles. The molecule has 0 spiro atoms. The van der Waals surface area contributed by atoms with Crippen molar-refractivity contribution in [1.82, 2.24) is 15.1 Å². The van der Waals surface area contributed by atoms with Crippen LogP contribution in [0.5, 0.6) is 5.75 Å². The van der Waals surface area contributed by atoms with Gasteiger partial charge in [0, 0.05) is 42.7 Å². The average Bonchev–Trinajstić information content (AvgIpc) is 3.05. The normalized spacial score (nSPS) is 27.2. The van der Waals surface area contributed by atoms with Crippen LogP contribution in [0.3, 0.4) is 0 Å². The van der Waals surface area contributed by atoms with Crippen molar-refractivity contribution in [2.75, 3.05) is 13.1 Å². The third-order valence-corrected chi connectivity index (χ3v) is 6.73. The molecule has 2 saturated heterocycles. The fourth-order valence-corrected chi connectivity index (χ4v) is 5.52. The molecule has 0 aliphatic carbocycles. The van der Waals surface area contributed by atoms with Crippen molar-refractivity contribution in [2.24, 2.45) is 0 Å². The van der Waals surface area contributed by atoms with Crippen LogP contribution in [0, 0.1) is 5.82 Å². The Labute approximate surface area is 226 Å². The third-order valence-electron chi connectivity index (χ3n) is 6.73. The van der Waals surface area contributed by atoms with Crippen molar-refractivity contribution in [3.63, 3.8) is 0 Å². The Morgan fingerprint density at radius 2 is 1.89 bits per heavy atom. The zero-order chi connectivity index (χ0) is 30.0. The Kier molecular flexibility index (Phi) is 5.83. The van der Waals surface area contributed by atoms with Crippen LogP contribution in [-0.2, 0) is 34.0 Å². The molecule has 3 aliphatic heterocycles. The molecule has 3 amide bonds.